The Morgan fingerprint density at radius 3 is 2.91 bits per heavy atom. The van der Waals surface area contributed by atoms with Crippen molar-refractivity contribution in [1.82, 2.24) is 0 Å². The Morgan fingerprint density at radius 2 is 2.18 bits per heavy atom. The molecule has 0 aromatic heterocycles. The third kappa shape index (κ3) is 4.35. The van der Waals surface area contributed by atoms with Crippen molar-refractivity contribution in [2.75, 3.05) is 37.0 Å². The van der Waals surface area contributed by atoms with Crippen molar-refractivity contribution in [3.8, 4) is 0 Å². The van der Waals surface area contributed by atoms with E-state index in [0.717, 1.165) is 29.8 Å². The van der Waals surface area contributed by atoms with Crippen LogP contribution in [0.1, 0.15) is 25.8 Å². The van der Waals surface area contributed by atoms with Gasteiger partial charge in [-0.3, -0.25) is 4.79 Å². The van der Waals surface area contributed by atoms with Gasteiger partial charge in [-0.1, -0.05) is 6.07 Å². The largest absolute Gasteiger partial charge is 0.398 e. The summed E-state index contributed by atoms with van der Waals surface area (Å²) in [5.74, 6) is -0.0157. The molecular weight excluding hydrogens is 304 g/mol. The van der Waals surface area contributed by atoms with Gasteiger partial charge in [0.05, 0.1) is 13.2 Å². The summed E-state index contributed by atoms with van der Waals surface area (Å²) in [6, 6.07) is 5.73. The van der Waals surface area contributed by atoms with Crippen molar-refractivity contribution < 1.29 is 14.3 Å². The first-order chi connectivity index (χ1) is 10.1. The number of ether oxygens (including phenoxy) is 2. The number of amides is 1. The summed E-state index contributed by atoms with van der Waals surface area (Å²) < 4.78 is 10.8. The molecule has 1 aromatic carbocycles. The molecule has 1 aromatic rings. The molecule has 1 heterocycles. The molecule has 0 fully saturated rings. The Hall–Kier alpha value is -1.30. The molecule has 0 saturated carbocycles. The highest BCUT2D eigenvalue weighted by Gasteiger charge is 2.27. The lowest BCUT2D eigenvalue weighted by Gasteiger charge is -2.32. The molecule has 0 bridgehead atoms. The number of carbonyl (C=O) groups is 1. The Kier molecular flexibility index (Phi) is 7.65. The molecule has 1 unspecified atom stereocenters. The number of fused-ring (bicyclic) bond motifs is 1. The molecule has 0 aliphatic carbocycles. The van der Waals surface area contributed by atoms with Crippen LogP contribution >= 0.6 is 12.4 Å². The third-order valence-corrected chi connectivity index (χ3v) is 3.70. The zero-order chi connectivity index (χ0) is 15.2. The van der Waals surface area contributed by atoms with Gasteiger partial charge in [0.25, 0.3) is 5.91 Å². The predicted molar refractivity (Wildman–Crippen MR) is 90.7 cm³/mol. The SMILES string of the molecule is CCOCCOC(C)C(=O)N1CCCc2c(N)cccc21.Cl. The topological polar surface area (TPSA) is 64.8 Å². The van der Waals surface area contributed by atoms with E-state index in [1.165, 1.54) is 0 Å². The molecule has 5 nitrogen and oxygen atoms in total. The van der Waals surface area contributed by atoms with Crippen LogP contribution in [0.3, 0.4) is 0 Å². The monoisotopic (exact) mass is 328 g/mol. The molecular formula is C16H25ClN2O3. The van der Waals surface area contributed by atoms with Gasteiger partial charge in [0.2, 0.25) is 0 Å². The number of halogens is 1. The highest BCUT2D eigenvalue weighted by molar-refractivity contribution is 5.98. The van der Waals surface area contributed by atoms with Crippen LogP contribution in [0.2, 0.25) is 0 Å². The number of rotatable bonds is 6. The molecule has 2 N–H and O–H groups in total. The molecule has 0 saturated heterocycles. The first-order valence-electron chi connectivity index (χ1n) is 7.53. The second kappa shape index (κ2) is 8.98. The lowest BCUT2D eigenvalue weighted by Crippen LogP contribution is -2.42. The number of carbonyl (C=O) groups excluding carboxylic acids is 1. The Labute approximate surface area is 138 Å². The molecule has 6 heteroatoms. The molecule has 0 spiro atoms. The van der Waals surface area contributed by atoms with E-state index < -0.39 is 6.10 Å². The van der Waals surface area contributed by atoms with Crippen LogP contribution in [0.25, 0.3) is 0 Å². The van der Waals surface area contributed by atoms with Crippen molar-refractivity contribution >= 4 is 29.7 Å². The minimum Gasteiger partial charge on any atom is -0.398 e. The number of nitrogen functional groups attached to an aromatic ring is 1. The van der Waals surface area contributed by atoms with E-state index in [2.05, 4.69) is 0 Å². The summed E-state index contributed by atoms with van der Waals surface area (Å²) in [5, 5.41) is 0. The summed E-state index contributed by atoms with van der Waals surface area (Å²) in [7, 11) is 0. The highest BCUT2D eigenvalue weighted by Crippen LogP contribution is 2.31. The average Bonchev–Trinajstić information content (AvgIpc) is 2.50. The maximum atomic E-state index is 12.6. The molecule has 1 atom stereocenters. The number of anilines is 2. The Balaban J connectivity index is 0.00000242. The quantitative estimate of drug-likeness (QED) is 0.643. The van der Waals surface area contributed by atoms with E-state index in [1.807, 2.05) is 25.1 Å². The van der Waals surface area contributed by atoms with Crippen LogP contribution in [0.5, 0.6) is 0 Å². The van der Waals surface area contributed by atoms with Crippen molar-refractivity contribution in [3.05, 3.63) is 23.8 Å². The van der Waals surface area contributed by atoms with E-state index in [-0.39, 0.29) is 18.3 Å². The van der Waals surface area contributed by atoms with E-state index in [9.17, 15) is 4.79 Å². The zero-order valence-corrected chi connectivity index (χ0v) is 14.0. The van der Waals surface area contributed by atoms with Gasteiger partial charge in [0.1, 0.15) is 6.10 Å². The number of benzene rings is 1. The van der Waals surface area contributed by atoms with Crippen LogP contribution in [0, 0.1) is 0 Å². The van der Waals surface area contributed by atoms with Gasteiger partial charge in [-0.2, -0.15) is 0 Å². The molecule has 2 rings (SSSR count). The van der Waals surface area contributed by atoms with Gasteiger partial charge in [-0.25, -0.2) is 0 Å². The molecule has 1 amide bonds. The average molecular weight is 329 g/mol. The van der Waals surface area contributed by atoms with Crippen LogP contribution < -0.4 is 10.6 Å². The lowest BCUT2D eigenvalue weighted by atomic mass is 9.99. The zero-order valence-electron chi connectivity index (χ0n) is 13.2. The normalized spacial score (nSPS) is 14.9. The third-order valence-electron chi connectivity index (χ3n) is 3.70. The molecule has 1 aliphatic rings. The lowest BCUT2D eigenvalue weighted by molar-refractivity contribution is -0.130. The van der Waals surface area contributed by atoms with Gasteiger partial charge in [-0.05, 0) is 44.4 Å². The second-order valence-corrected chi connectivity index (χ2v) is 5.15. The van der Waals surface area contributed by atoms with Crippen molar-refractivity contribution in [3.63, 3.8) is 0 Å². The number of hydrogen-bond acceptors (Lipinski definition) is 4. The summed E-state index contributed by atoms with van der Waals surface area (Å²) >= 11 is 0. The van der Waals surface area contributed by atoms with Crippen LogP contribution in [-0.2, 0) is 20.7 Å². The van der Waals surface area contributed by atoms with Gasteiger partial charge >= 0.3 is 0 Å². The van der Waals surface area contributed by atoms with Crippen molar-refractivity contribution in [2.24, 2.45) is 0 Å². The summed E-state index contributed by atoms with van der Waals surface area (Å²) in [6.07, 6.45) is 1.38. The van der Waals surface area contributed by atoms with Gasteiger partial charge in [-0.15, -0.1) is 12.4 Å². The van der Waals surface area contributed by atoms with Crippen LogP contribution in [0.15, 0.2) is 18.2 Å². The van der Waals surface area contributed by atoms with E-state index in [1.54, 1.807) is 11.8 Å². The summed E-state index contributed by atoms with van der Waals surface area (Å²) in [5.41, 5.74) is 8.76. The fourth-order valence-corrected chi connectivity index (χ4v) is 2.60. The molecule has 22 heavy (non-hydrogen) atoms. The van der Waals surface area contributed by atoms with Crippen LogP contribution in [0.4, 0.5) is 11.4 Å². The van der Waals surface area contributed by atoms with Gasteiger partial charge < -0.3 is 20.1 Å². The predicted octanol–water partition coefficient (Wildman–Crippen LogP) is 2.41. The Morgan fingerprint density at radius 1 is 1.41 bits per heavy atom. The highest BCUT2D eigenvalue weighted by atomic mass is 35.5. The number of nitrogens with two attached hydrogens (primary N) is 1. The van der Waals surface area contributed by atoms with E-state index in [0.29, 0.717) is 26.4 Å². The van der Waals surface area contributed by atoms with Crippen molar-refractivity contribution in [1.29, 1.82) is 0 Å². The van der Waals surface area contributed by atoms with E-state index in [4.69, 9.17) is 15.2 Å². The minimum atomic E-state index is -0.474. The van der Waals surface area contributed by atoms with Gasteiger partial charge in [0.15, 0.2) is 0 Å². The Bertz CT molecular complexity index is 496. The van der Waals surface area contributed by atoms with Gasteiger partial charge in [0, 0.05) is 24.5 Å². The molecule has 1 aliphatic heterocycles. The standard InChI is InChI=1S/C16H24N2O3.ClH/c1-3-20-10-11-21-12(2)16(19)18-9-5-6-13-14(17)7-4-8-15(13)18;/h4,7-8,12H,3,5-6,9-11,17H2,1-2H3;1H. The fraction of sp³-hybridized carbons (Fsp3) is 0.562. The minimum absolute atomic E-state index is 0. The number of hydrogen-bond donors (Lipinski definition) is 1. The maximum absolute atomic E-state index is 12.6. The van der Waals surface area contributed by atoms with Crippen molar-refractivity contribution in [2.45, 2.75) is 32.8 Å². The summed E-state index contributed by atoms with van der Waals surface area (Å²) in [4.78, 5) is 14.3. The first kappa shape index (κ1) is 18.7. The maximum Gasteiger partial charge on any atom is 0.255 e. The first-order valence-corrected chi connectivity index (χ1v) is 7.53. The fourth-order valence-electron chi connectivity index (χ4n) is 2.60. The van der Waals surface area contributed by atoms with E-state index >= 15 is 0 Å². The van der Waals surface area contributed by atoms with Crippen LogP contribution in [-0.4, -0.2) is 38.4 Å². The second-order valence-electron chi connectivity index (χ2n) is 5.15. The smallest absolute Gasteiger partial charge is 0.255 e. The molecule has 0 radical (unpaired) electrons. The molecule has 124 valence electrons. The number of nitrogens with zero attached hydrogens (tertiary/aromatic N) is 1. The summed E-state index contributed by atoms with van der Waals surface area (Å²) in [6.45, 7) is 6.04.